The van der Waals surface area contributed by atoms with E-state index in [0.717, 1.165) is 17.7 Å². The predicted molar refractivity (Wildman–Crippen MR) is 86.4 cm³/mol. The monoisotopic (exact) mass is 327 g/mol. The summed E-state index contributed by atoms with van der Waals surface area (Å²) in [5.74, 6) is -2.39. The zero-order valence-electron chi connectivity index (χ0n) is 11.5. The molecule has 0 saturated carbocycles. The number of thioether (sulfide) groups is 1. The largest absolute Gasteiger partial charge is 0.378 e. The van der Waals surface area contributed by atoms with Crippen molar-refractivity contribution in [3.63, 3.8) is 0 Å². The quantitative estimate of drug-likeness (QED) is 0.632. The van der Waals surface area contributed by atoms with E-state index in [1.54, 1.807) is 12.1 Å². The summed E-state index contributed by atoms with van der Waals surface area (Å²) in [5, 5.41) is 4.10. The minimum absolute atomic E-state index is 0.136. The van der Waals surface area contributed by atoms with Gasteiger partial charge in [0.05, 0.1) is 6.04 Å². The van der Waals surface area contributed by atoms with Crippen LogP contribution in [-0.4, -0.2) is 5.76 Å². The van der Waals surface area contributed by atoms with Crippen molar-refractivity contribution in [3.8, 4) is 0 Å². The Kier molecular flexibility index (Phi) is 5.88. The van der Waals surface area contributed by atoms with Crippen molar-refractivity contribution in [1.82, 2.24) is 0 Å². The molecule has 0 aliphatic carbocycles. The van der Waals surface area contributed by atoms with Gasteiger partial charge in [0.2, 0.25) is 0 Å². The van der Waals surface area contributed by atoms with Gasteiger partial charge in [-0.3, -0.25) is 0 Å². The summed E-state index contributed by atoms with van der Waals surface area (Å²) in [6, 6.07) is 14.9. The van der Waals surface area contributed by atoms with Crippen LogP contribution < -0.4 is 5.32 Å². The van der Waals surface area contributed by atoms with Crippen molar-refractivity contribution in [2.45, 2.75) is 30.0 Å². The van der Waals surface area contributed by atoms with Gasteiger partial charge < -0.3 is 5.32 Å². The highest BCUT2D eigenvalue weighted by Gasteiger charge is 2.10. The molecule has 21 heavy (non-hydrogen) atoms. The number of rotatable bonds is 6. The molecule has 5 heteroatoms. The maximum atomic E-state index is 12.3. The Balaban J connectivity index is 2.08. The molecule has 2 aromatic carbocycles. The molecule has 0 saturated heterocycles. The fourth-order valence-corrected chi connectivity index (χ4v) is 2.78. The average molecular weight is 328 g/mol. The van der Waals surface area contributed by atoms with E-state index in [4.69, 9.17) is 11.6 Å². The van der Waals surface area contributed by atoms with E-state index in [2.05, 4.69) is 12.2 Å². The number of hydrogen-bond donors (Lipinski definition) is 1. The summed E-state index contributed by atoms with van der Waals surface area (Å²) in [7, 11) is 0. The lowest BCUT2D eigenvalue weighted by Gasteiger charge is -2.19. The van der Waals surface area contributed by atoms with Crippen molar-refractivity contribution in [2.24, 2.45) is 0 Å². The summed E-state index contributed by atoms with van der Waals surface area (Å²) < 4.78 is 24.6. The highest BCUT2D eigenvalue weighted by molar-refractivity contribution is 7.99. The molecular formula is C16H16ClF2NS. The third-order valence-electron chi connectivity index (χ3n) is 3.08. The Morgan fingerprint density at radius 1 is 1.14 bits per heavy atom. The summed E-state index contributed by atoms with van der Waals surface area (Å²) >= 11 is 6.57. The number of hydrogen-bond acceptors (Lipinski definition) is 2. The van der Waals surface area contributed by atoms with Crippen LogP contribution in [0.15, 0.2) is 53.4 Å². The summed E-state index contributed by atoms with van der Waals surface area (Å²) in [6.45, 7) is 2.08. The van der Waals surface area contributed by atoms with Crippen LogP contribution in [-0.2, 0) is 0 Å². The van der Waals surface area contributed by atoms with Gasteiger partial charge in [0.25, 0.3) is 5.76 Å². The summed E-state index contributed by atoms with van der Waals surface area (Å²) in [5.41, 5.74) is 2.01. The predicted octanol–water partition coefficient (Wildman–Crippen LogP) is 6.22. The van der Waals surface area contributed by atoms with E-state index in [1.165, 1.54) is 0 Å². The first-order valence-electron chi connectivity index (χ1n) is 6.65. The zero-order chi connectivity index (χ0) is 15.2. The van der Waals surface area contributed by atoms with E-state index in [9.17, 15) is 8.78 Å². The van der Waals surface area contributed by atoms with Gasteiger partial charge in [-0.2, -0.15) is 8.78 Å². The van der Waals surface area contributed by atoms with Gasteiger partial charge in [-0.05, 0) is 48.4 Å². The van der Waals surface area contributed by atoms with Gasteiger partial charge in [-0.25, -0.2) is 0 Å². The van der Waals surface area contributed by atoms with Gasteiger partial charge in [0.1, 0.15) is 0 Å². The molecule has 1 unspecified atom stereocenters. The molecule has 0 aromatic heterocycles. The molecule has 0 bridgehead atoms. The van der Waals surface area contributed by atoms with Gasteiger partial charge >= 0.3 is 0 Å². The minimum Gasteiger partial charge on any atom is -0.378 e. The Morgan fingerprint density at radius 2 is 1.86 bits per heavy atom. The Morgan fingerprint density at radius 3 is 2.43 bits per heavy atom. The first kappa shape index (κ1) is 16.1. The minimum atomic E-state index is -2.39. The summed E-state index contributed by atoms with van der Waals surface area (Å²) in [4.78, 5) is 0.561. The van der Waals surface area contributed by atoms with Crippen LogP contribution in [0.3, 0.4) is 0 Å². The molecule has 0 aliphatic rings. The maximum absolute atomic E-state index is 12.3. The molecule has 112 valence electrons. The molecule has 0 fully saturated rings. The molecule has 0 heterocycles. The molecule has 0 aliphatic heterocycles. The lowest BCUT2D eigenvalue weighted by Crippen LogP contribution is -2.09. The fourth-order valence-electron chi connectivity index (χ4n) is 2.08. The van der Waals surface area contributed by atoms with Crippen molar-refractivity contribution in [1.29, 1.82) is 0 Å². The first-order valence-corrected chi connectivity index (χ1v) is 7.91. The number of anilines is 1. The van der Waals surface area contributed by atoms with Crippen LogP contribution in [0.1, 0.15) is 24.9 Å². The number of halogens is 3. The normalized spacial score (nSPS) is 12.4. The van der Waals surface area contributed by atoms with E-state index < -0.39 is 5.76 Å². The van der Waals surface area contributed by atoms with E-state index in [1.807, 2.05) is 36.4 Å². The topological polar surface area (TPSA) is 12.0 Å². The van der Waals surface area contributed by atoms with Crippen molar-refractivity contribution in [2.75, 3.05) is 5.32 Å². The van der Waals surface area contributed by atoms with Crippen LogP contribution in [0.2, 0.25) is 5.02 Å². The first-order chi connectivity index (χ1) is 10.1. The molecule has 0 spiro atoms. The van der Waals surface area contributed by atoms with E-state index in [0.29, 0.717) is 21.7 Å². The molecule has 0 amide bonds. The second kappa shape index (κ2) is 7.66. The summed E-state index contributed by atoms with van der Waals surface area (Å²) in [6.07, 6.45) is 0.897. The Hall–Kier alpha value is -1.26. The molecule has 1 N–H and O–H groups in total. The third kappa shape index (κ3) is 4.90. The molecular weight excluding hydrogens is 312 g/mol. The van der Waals surface area contributed by atoms with Crippen molar-refractivity contribution < 1.29 is 8.78 Å². The Bertz CT molecular complexity index is 575. The number of alkyl halides is 2. The highest BCUT2D eigenvalue weighted by atomic mass is 35.5. The van der Waals surface area contributed by atoms with Gasteiger partial charge in [-0.15, -0.1) is 0 Å². The Labute approximate surface area is 132 Å². The molecule has 2 aromatic rings. The van der Waals surface area contributed by atoms with Crippen molar-refractivity contribution >= 4 is 29.1 Å². The van der Waals surface area contributed by atoms with Crippen LogP contribution in [0.25, 0.3) is 0 Å². The highest BCUT2D eigenvalue weighted by Crippen LogP contribution is 2.28. The molecule has 2 rings (SSSR count). The third-order valence-corrected chi connectivity index (χ3v) is 4.04. The van der Waals surface area contributed by atoms with Gasteiger partial charge in [0.15, 0.2) is 0 Å². The lowest BCUT2D eigenvalue weighted by atomic mass is 10.0. The van der Waals surface area contributed by atoms with Crippen molar-refractivity contribution in [3.05, 3.63) is 59.1 Å². The molecule has 1 nitrogen and oxygen atoms in total. The van der Waals surface area contributed by atoms with Crippen LogP contribution in [0.4, 0.5) is 14.5 Å². The second-order valence-electron chi connectivity index (χ2n) is 4.56. The molecule has 1 atom stereocenters. The van der Waals surface area contributed by atoms with Gasteiger partial charge in [0, 0.05) is 15.6 Å². The maximum Gasteiger partial charge on any atom is 0.288 e. The van der Waals surface area contributed by atoms with Crippen LogP contribution in [0.5, 0.6) is 0 Å². The van der Waals surface area contributed by atoms with Crippen LogP contribution in [0, 0.1) is 0 Å². The standard InChI is InChI=1S/C16H16ClF2NS/c1-2-15(11-4-3-5-12(17)10-11)20-13-6-8-14(9-7-13)21-16(18)19/h3-10,15-16,20H,2H2,1H3. The van der Waals surface area contributed by atoms with Gasteiger partial charge in [-0.1, -0.05) is 42.4 Å². The molecule has 0 radical (unpaired) electrons. The smallest absolute Gasteiger partial charge is 0.288 e. The fraction of sp³-hybridized carbons (Fsp3) is 0.250. The van der Waals surface area contributed by atoms with Crippen LogP contribution >= 0.6 is 23.4 Å². The average Bonchev–Trinajstić information content (AvgIpc) is 2.46. The lowest BCUT2D eigenvalue weighted by molar-refractivity contribution is 0.252. The van der Waals surface area contributed by atoms with E-state index in [-0.39, 0.29) is 6.04 Å². The van der Waals surface area contributed by atoms with E-state index >= 15 is 0 Å². The number of nitrogens with one attached hydrogen (secondary N) is 1. The second-order valence-corrected chi connectivity index (χ2v) is 6.06. The SMILES string of the molecule is CCC(Nc1ccc(SC(F)F)cc1)c1cccc(Cl)c1. The number of benzene rings is 2. The zero-order valence-corrected chi connectivity index (χ0v) is 13.1.